The maximum atomic E-state index is 5.81. The van der Waals surface area contributed by atoms with Crippen LogP contribution in [-0.4, -0.2) is 41.3 Å². The molecule has 2 N–H and O–H groups in total. The second kappa shape index (κ2) is 5.10. The lowest BCUT2D eigenvalue weighted by molar-refractivity contribution is 0.122. The number of aromatic nitrogens is 3. The van der Waals surface area contributed by atoms with Gasteiger partial charge < -0.3 is 15.4 Å². The molecule has 0 saturated carbocycles. The van der Waals surface area contributed by atoms with Gasteiger partial charge >= 0.3 is 0 Å². The van der Waals surface area contributed by atoms with E-state index in [0.717, 1.165) is 23.5 Å². The maximum Gasteiger partial charge on any atom is 0.230 e. The van der Waals surface area contributed by atoms with Gasteiger partial charge in [-0.2, -0.15) is 15.0 Å². The number of hydrogen-bond acceptors (Lipinski definition) is 7. The topological polar surface area (TPSA) is 77.2 Å². The van der Waals surface area contributed by atoms with Crippen LogP contribution in [0, 0.1) is 6.92 Å². The number of nitrogens with zero attached hydrogens (tertiary/aromatic N) is 4. The summed E-state index contributed by atoms with van der Waals surface area (Å²) in [6.07, 6.45) is 0. The van der Waals surface area contributed by atoms with Gasteiger partial charge in [0.25, 0.3) is 0 Å². The van der Waals surface area contributed by atoms with Crippen molar-refractivity contribution >= 4 is 23.2 Å². The van der Waals surface area contributed by atoms with E-state index in [1.165, 1.54) is 0 Å². The van der Waals surface area contributed by atoms with Crippen LogP contribution in [0.25, 0.3) is 10.7 Å². The van der Waals surface area contributed by atoms with Gasteiger partial charge in [-0.1, -0.05) is 0 Å². The van der Waals surface area contributed by atoms with E-state index in [0.29, 0.717) is 25.0 Å². The third-order valence-electron chi connectivity index (χ3n) is 3.00. The normalized spacial score (nSPS) is 15.7. The summed E-state index contributed by atoms with van der Waals surface area (Å²) in [7, 11) is 0. The van der Waals surface area contributed by atoms with Gasteiger partial charge in [-0.15, -0.1) is 11.3 Å². The minimum atomic E-state index is 0.263. The van der Waals surface area contributed by atoms with Gasteiger partial charge in [-0.05, 0) is 23.9 Å². The molecule has 0 aliphatic carbocycles. The van der Waals surface area contributed by atoms with E-state index >= 15 is 0 Å². The van der Waals surface area contributed by atoms with Crippen LogP contribution in [0.1, 0.15) is 5.56 Å². The fourth-order valence-corrected chi connectivity index (χ4v) is 2.85. The summed E-state index contributed by atoms with van der Waals surface area (Å²) in [5, 5.41) is 2.03. The minimum absolute atomic E-state index is 0.263. The quantitative estimate of drug-likeness (QED) is 0.892. The number of anilines is 2. The third-order valence-corrected chi connectivity index (χ3v) is 4.01. The van der Waals surface area contributed by atoms with Gasteiger partial charge in [0.2, 0.25) is 11.9 Å². The van der Waals surface area contributed by atoms with E-state index in [2.05, 4.69) is 19.9 Å². The SMILES string of the molecule is Cc1ccsc1-c1nc(N)nc(N2CCOCC2)n1. The molecule has 0 aromatic carbocycles. The lowest BCUT2D eigenvalue weighted by Crippen LogP contribution is -2.37. The Kier molecular flexibility index (Phi) is 3.31. The van der Waals surface area contributed by atoms with E-state index in [4.69, 9.17) is 10.5 Å². The van der Waals surface area contributed by atoms with Crippen molar-refractivity contribution in [2.24, 2.45) is 0 Å². The number of thiophene rings is 1. The van der Waals surface area contributed by atoms with Crippen molar-refractivity contribution in [1.82, 2.24) is 15.0 Å². The van der Waals surface area contributed by atoms with Crippen molar-refractivity contribution in [3.63, 3.8) is 0 Å². The molecule has 6 nitrogen and oxygen atoms in total. The molecule has 100 valence electrons. The Morgan fingerprint density at radius 1 is 1.26 bits per heavy atom. The lowest BCUT2D eigenvalue weighted by atomic mass is 10.3. The Morgan fingerprint density at radius 2 is 2.05 bits per heavy atom. The number of nitrogen functional groups attached to an aromatic ring is 1. The highest BCUT2D eigenvalue weighted by Gasteiger charge is 2.17. The smallest absolute Gasteiger partial charge is 0.230 e. The molecular formula is C12H15N5OS. The molecule has 1 aliphatic heterocycles. The van der Waals surface area contributed by atoms with Gasteiger partial charge in [0.05, 0.1) is 18.1 Å². The summed E-state index contributed by atoms with van der Waals surface area (Å²) in [5.74, 6) is 1.55. The van der Waals surface area contributed by atoms with Crippen LogP contribution in [0.2, 0.25) is 0 Å². The molecule has 2 aromatic rings. The average Bonchev–Trinajstić information content (AvgIpc) is 2.85. The standard InChI is InChI=1S/C12H15N5OS/c1-8-2-7-19-9(8)10-14-11(13)16-12(15-10)17-3-5-18-6-4-17/h2,7H,3-6H2,1H3,(H2,13,14,15,16). The van der Waals surface area contributed by atoms with E-state index in [9.17, 15) is 0 Å². The van der Waals surface area contributed by atoms with Crippen LogP contribution in [0.5, 0.6) is 0 Å². The monoisotopic (exact) mass is 277 g/mol. The Bertz CT molecular complexity index is 579. The molecule has 1 aliphatic rings. The van der Waals surface area contributed by atoms with Crippen molar-refractivity contribution in [3.05, 3.63) is 17.0 Å². The highest BCUT2D eigenvalue weighted by molar-refractivity contribution is 7.13. The summed E-state index contributed by atoms with van der Waals surface area (Å²) in [5.41, 5.74) is 6.96. The molecule has 1 fully saturated rings. The van der Waals surface area contributed by atoms with Crippen LogP contribution in [0.3, 0.4) is 0 Å². The van der Waals surface area contributed by atoms with E-state index < -0.39 is 0 Å². The van der Waals surface area contributed by atoms with Gasteiger partial charge in [0.1, 0.15) is 0 Å². The third kappa shape index (κ3) is 2.52. The van der Waals surface area contributed by atoms with Gasteiger partial charge in [0.15, 0.2) is 5.82 Å². The van der Waals surface area contributed by atoms with Crippen LogP contribution in [-0.2, 0) is 4.74 Å². The molecule has 1 saturated heterocycles. The molecule has 7 heteroatoms. The summed E-state index contributed by atoms with van der Waals surface area (Å²) in [4.78, 5) is 16.1. The molecule has 0 atom stereocenters. The Labute approximate surface area is 115 Å². The molecule has 2 aromatic heterocycles. The molecule has 3 rings (SSSR count). The van der Waals surface area contributed by atoms with Crippen LogP contribution in [0.4, 0.5) is 11.9 Å². The van der Waals surface area contributed by atoms with E-state index in [-0.39, 0.29) is 5.95 Å². The second-order valence-electron chi connectivity index (χ2n) is 4.35. The second-order valence-corrected chi connectivity index (χ2v) is 5.27. The highest BCUT2D eigenvalue weighted by Crippen LogP contribution is 2.27. The van der Waals surface area contributed by atoms with Gasteiger partial charge in [0, 0.05) is 13.1 Å². The van der Waals surface area contributed by atoms with Gasteiger partial charge in [-0.25, -0.2) is 0 Å². The average molecular weight is 277 g/mol. The zero-order valence-electron chi connectivity index (χ0n) is 10.7. The van der Waals surface area contributed by atoms with E-state index in [1.54, 1.807) is 11.3 Å². The zero-order valence-corrected chi connectivity index (χ0v) is 11.5. The van der Waals surface area contributed by atoms with E-state index in [1.807, 2.05) is 18.4 Å². The first-order valence-corrected chi connectivity index (χ1v) is 7.01. The summed E-state index contributed by atoms with van der Waals surface area (Å²) in [6.45, 7) is 5.00. The Hall–Kier alpha value is -1.73. The maximum absolute atomic E-state index is 5.81. The fraction of sp³-hybridized carbons (Fsp3) is 0.417. The predicted octanol–water partition coefficient (Wildman–Crippen LogP) is 1.33. The number of hydrogen-bond donors (Lipinski definition) is 1. The number of rotatable bonds is 2. The van der Waals surface area contributed by atoms with Crippen molar-refractivity contribution < 1.29 is 4.74 Å². The van der Waals surface area contributed by atoms with Crippen LogP contribution in [0.15, 0.2) is 11.4 Å². The molecule has 0 amide bonds. The first kappa shape index (κ1) is 12.3. The molecule has 0 radical (unpaired) electrons. The highest BCUT2D eigenvalue weighted by atomic mass is 32.1. The first-order valence-electron chi connectivity index (χ1n) is 6.13. The first-order chi connectivity index (χ1) is 9.24. The van der Waals surface area contributed by atoms with Crippen molar-refractivity contribution in [1.29, 1.82) is 0 Å². The molecule has 0 unspecified atom stereocenters. The van der Waals surface area contributed by atoms with Crippen molar-refractivity contribution in [3.8, 4) is 10.7 Å². The fourth-order valence-electron chi connectivity index (χ4n) is 1.99. The number of morpholine rings is 1. The Morgan fingerprint density at radius 3 is 2.74 bits per heavy atom. The number of aryl methyl sites for hydroxylation is 1. The lowest BCUT2D eigenvalue weighted by Gasteiger charge is -2.26. The van der Waals surface area contributed by atoms with Crippen LogP contribution < -0.4 is 10.6 Å². The Balaban J connectivity index is 1.98. The van der Waals surface area contributed by atoms with Crippen molar-refractivity contribution in [2.75, 3.05) is 36.9 Å². The van der Waals surface area contributed by atoms with Crippen molar-refractivity contribution in [2.45, 2.75) is 6.92 Å². The summed E-state index contributed by atoms with van der Waals surface area (Å²) >= 11 is 1.62. The molecule has 0 spiro atoms. The summed E-state index contributed by atoms with van der Waals surface area (Å²) < 4.78 is 5.33. The molecule has 19 heavy (non-hydrogen) atoms. The number of ether oxygens (including phenoxy) is 1. The molecular weight excluding hydrogens is 262 g/mol. The molecule has 0 bridgehead atoms. The zero-order chi connectivity index (χ0) is 13.2. The summed E-state index contributed by atoms with van der Waals surface area (Å²) in [6, 6.07) is 2.05. The van der Waals surface area contributed by atoms with Crippen LogP contribution >= 0.6 is 11.3 Å². The number of nitrogens with two attached hydrogens (primary N) is 1. The van der Waals surface area contributed by atoms with Gasteiger partial charge in [-0.3, -0.25) is 0 Å². The predicted molar refractivity (Wildman–Crippen MR) is 75.3 cm³/mol. The minimum Gasteiger partial charge on any atom is -0.378 e. The molecule has 3 heterocycles. The largest absolute Gasteiger partial charge is 0.378 e.